The summed E-state index contributed by atoms with van der Waals surface area (Å²) < 4.78 is 10.2. The predicted octanol–water partition coefficient (Wildman–Crippen LogP) is 5.16. The maximum absolute atomic E-state index is 11.8. The molecule has 7 heteroatoms. The maximum atomic E-state index is 11.8. The molecule has 0 aliphatic heterocycles. The molecular formula is C19H18Cl2N2O3. The van der Waals surface area contributed by atoms with Crippen LogP contribution >= 0.6 is 24.0 Å². The van der Waals surface area contributed by atoms with Gasteiger partial charge in [-0.25, -0.2) is 4.79 Å². The first kappa shape index (κ1) is 19.8. The highest BCUT2D eigenvalue weighted by atomic mass is 35.5. The van der Waals surface area contributed by atoms with Crippen molar-refractivity contribution < 1.29 is 14.3 Å². The summed E-state index contributed by atoms with van der Waals surface area (Å²) in [6, 6.07) is 12.5. The first-order chi connectivity index (χ1) is 12.0. The lowest BCUT2D eigenvalue weighted by Gasteiger charge is -2.14. The number of carbonyl (C=O) groups excluding carboxylic acids is 1. The number of pyridine rings is 1. The SMILES string of the molecule is COC(=O)c1ccc2nc(C)cc(Nc3cc(Cl)ccc3OC)c2c1.Cl. The Balaban J connectivity index is 0.00000243. The van der Waals surface area contributed by atoms with E-state index in [4.69, 9.17) is 21.1 Å². The van der Waals surface area contributed by atoms with Gasteiger partial charge in [-0.1, -0.05) is 11.6 Å². The van der Waals surface area contributed by atoms with Crippen LogP contribution in [-0.2, 0) is 4.74 Å². The van der Waals surface area contributed by atoms with Gasteiger partial charge in [-0.3, -0.25) is 4.98 Å². The van der Waals surface area contributed by atoms with Crippen LogP contribution in [0.1, 0.15) is 16.1 Å². The number of hydrogen-bond acceptors (Lipinski definition) is 5. The monoisotopic (exact) mass is 392 g/mol. The molecule has 2 aromatic carbocycles. The number of nitrogens with zero attached hydrogens (tertiary/aromatic N) is 1. The van der Waals surface area contributed by atoms with E-state index in [1.54, 1.807) is 43.5 Å². The van der Waals surface area contributed by atoms with Gasteiger partial charge in [0, 0.05) is 21.8 Å². The number of aryl methyl sites for hydroxylation is 1. The van der Waals surface area contributed by atoms with E-state index in [1.807, 2.05) is 13.0 Å². The summed E-state index contributed by atoms with van der Waals surface area (Å²) in [5.41, 5.74) is 3.61. The largest absolute Gasteiger partial charge is 0.495 e. The minimum Gasteiger partial charge on any atom is -0.495 e. The van der Waals surface area contributed by atoms with Gasteiger partial charge in [-0.2, -0.15) is 0 Å². The van der Waals surface area contributed by atoms with Crippen LogP contribution in [0.5, 0.6) is 5.75 Å². The Morgan fingerprint density at radius 3 is 2.54 bits per heavy atom. The molecule has 1 aromatic heterocycles. The maximum Gasteiger partial charge on any atom is 0.337 e. The number of esters is 1. The van der Waals surface area contributed by atoms with E-state index in [0.29, 0.717) is 16.3 Å². The number of aromatic nitrogens is 1. The zero-order chi connectivity index (χ0) is 18.0. The summed E-state index contributed by atoms with van der Waals surface area (Å²) in [5, 5.41) is 4.72. The fourth-order valence-corrected chi connectivity index (χ4v) is 2.80. The number of ether oxygens (including phenoxy) is 2. The van der Waals surface area contributed by atoms with Crippen LogP contribution in [-0.4, -0.2) is 25.2 Å². The van der Waals surface area contributed by atoms with Crippen molar-refractivity contribution in [1.29, 1.82) is 0 Å². The highest BCUT2D eigenvalue weighted by molar-refractivity contribution is 6.31. The minimum atomic E-state index is -0.395. The first-order valence-corrected chi connectivity index (χ1v) is 8.00. The number of benzene rings is 2. The van der Waals surface area contributed by atoms with Crippen LogP contribution in [0.15, 0.2) is 42.5 Å². The van der Waals surface area contributed by atoms with Crippen molar-refractivity contribution in [1.82, 2.24) is 4.98 Å². The number of fused-ring (bicyclic) bond motifs is 1. The smallest absolute Gasteiger partial charge is 0.337 e. The summed E-state index contributed by atoms with van der Waals surface area (Å²) in [6.07, 6.45) is 0. The molecule has 5 nitrogen and oxygen atoms in total. The molecule has 0 radical (unpaired) electrons. The van der Waals surface area contributed by atoms with Gasteiger partial charge < -0.3 is 14.8 Å². The lowest BCUT2D eigenvalue weighted by atomic mass is 10.1. The molecule has 1 heterocycles. The minimum absolute atomic E-state index is 0. The number of anilines is 2. The highest BCUT2D eigenvalue weighted by Gasteiger charge is 2.12. The van der Waals surface area contributed by atoms with E-state index in [9.17, 15) is 4.79 Å². The second kappa shape index (κ2) is 8.25. The van der Waals surface area contributed by atoms with Crippen LogP contribution in [0, 0.1) is 6.92 Å². The van der Waals surface area contributed by atoms with Gasteiger partial charge in [-0.05, 0) is 49.4 Å². The normalized spacial score (nSPS) is 10.2. The average Bonchev–Trinajstić information content (AvgIpc) is 2.61. The van der Waals surface area contributed by atoms with Gasteiger partial charge in [0.1, 0.15) is 5.75 Å². The second-order valence-electron chi connectivity index (χ2n) is 5.50. The molecule has 0 saturated carbocycles. The van der Waals surface area contributed by atoms with Crippen molar-refractivity contribution in [2.75, 3.05) is 19.5 Å². The van der Waals surface area contributed by atoms with Crippen molar-refractivity contribution in [3.8, 4) is 5.75 Å². The number of halogens is 2. The van der Waals surface area contributed by atoms with Crippen molar-refractivity contribution >= 4 is 52.3 Å². The van der Waals surface area contributed by atoms with Gasteiger partial charge in [0.05, 0.1) is 31.0 Å². The molecule has 0 aliphatic rings. The zero-order valence-corrected chi connectivity index (χ0v) is 16.1. The Morgan fingerprint density at radius 2 is 1.85 bits per heavy atom. The molecule has 26 heavy (non-hydrogen) atoms. The molecule has 0 spiro atoms. The Kier molecular flexibility index (Phi) is 6.29. The third-order valence-corrected chi connectivity index (χ3v) is 4.02. The van der Waals surface area contributed by atoms with Gasteiger partial charge in [0.15, 0.2) is 0 Å². The van der Waals surface area contributed by atoms with Crippen molar-refractivity contribution in [3.05, 3.63) is 58.7 Å². The molecular weight excluding hydrogens is 375 g/mol. The fraction of sp³-hybridized carbons (Fsp3) is 0.158. The number of rotatable bonds is 4. The molecule has 3 aromatic rings. The average molecular weight is 393 g/mol. The first-order valence-electron chi connectivity index (χ1n) is 7.62. The van der Waals surface area contributed by atoms with Crippen LogP contribution in [0.25, 0.3) is 10.9 Å². The van der Waals surface area contributed by atoms with E-state index < -0.39 is 5.97 Å². The van der Waals surface area contributed by atoms with E-state index in [-0.39, 0.29) is 12.4 Å². The third-order valence-electron chi connectivity index (χ3n) is 3.79. The number of methoxy groups -OCH3 is 2. The summed E-state index contributed by atoms with van der Waals surface area (Å²) in [5.74, 6) is 0.268. The van der Waals surface area contributed by atoms with Crippen LogP contribution < -0.4 is 10.1 Å². The van der Waals surface area contributed by atoms with E-state index in [0.717, 1.165) is 28.0 Å². The highest BCUT2D eigenvalue weighted by Crippen LogP contribution is 2.33. The molecule has 1 N–H and O–H groups in total. The summed E-state index contributed by atoms with van der Waals surface area (Å²) in [6.45, 7) is 1.91. The number of nitrogens with one attached hydrogen (secondary N) is 1. The standard InChI is InChI=1S/C19H17ClN2O3.ClH/c1-11-8-16(22-17-10-13(20)5-7-18(17)24-2)14-9-12(19(23)25-3)4-6-15(14)21-11;/h4-10H,1-3H3,(H,21,22);1H. The molecule has 3 rings (SSSR count). The summed E-state index contributed by atoms with van der Waals surface area (Å²) in [7, 11) is 2.95. The van der Waals surface area contributed by atoms with Crippen LogP contribution in [0.4, 0.5) is 11.4 Å². The van der Waals surface area contributed by atoms with E-state index >= 15 is 0 Å². The topological polar surface area (TPSA) is 60.5 Å². The Labute approximate surface area is 162 Å². The number of carbonyl (C=O) groups is 1. The summed E-state index contributed by atoms with van der Waals surface area (Å²) >= 11 is 6.11. The second-order valence-corrected chi connectivity index (χ2v) is 5.94. The molecule has 0 saturated heterocycles. The van der Waals surface area contributed by atoms with Gasteiger partial charge in [0.2, 0.25) is 0 Å². The Hall–Kier alpha value is -2.50. The van der Waals surface area contributed by atoms with Crippen LogP contribution in [0.3, 0.4) is 0 Å². The molecule has 0 amide bonds. The third kappa shape index (κ3) is 4.00. The Morgan fingerprint density at radius 1 is 1.08 bits per heavy atom. The lowest BCUT2D eigenvalue weighted by molar-refractivity contribution is 0.0601. The Bertz CT molecular complexity index is 961. The van der Waals surface area contributed by atoms with Gasteiger partial charge in [0.25, 0.3) is 0 Å². The lowest BCUT2D eigenvalue weighted by Crippen LogP contribution is -2.02. The van der Waals surface area contributed by atoms with Gasteiger partial charge >= 0.3 is 5.97 Å². The number of hydrogen-bond donors (Lipinski definition) is 1. The molecule has 0 fully saturated rings. The predicted molar refractivity (Wildman–Crippen MR) is 106 cm³/mol. The molecule has 0 bridgehead atoms. The molecule has 0 aliphatic carbocycles. The van der Waals surface area contributed by atoms with Crippen LogP contribution in [0.2, 0.25) is 5.02 Å². The quantitative estimate of drug-likeness (QED) is 0.621. The fourth-order valence-electron chi connectivity index (χ4n) is 2.63. The van der Waals surface area contributed by atoms with E-state index in [2.05, 4.69) is 10.3 Å². The summed E-state index contributed by atoms with van der Waals surface area (Å²) in [4.78, 5) is 16.4. The molecule has 136 valence electrons. The van der Waals surface area contributed by atoms with E-state index in [1.165, 1.54) is 7.11 Å². The van der Waals surface area contributed by atoms with Gasteiger partial charge in [-0.15, -0.1) is 12.4 Å². The molecule has 0 unspecified atom stereocenters. The molecule has 0 atom stereocenters. The zero-order valence-electron chi connectivity index (χ0n) is 14.5. The van der Waals surface area contributed by atoms with Crippen molar-refractivity contribution in [2.45, 2.75) is 6.92 Å². The van der Waals surface area contributed by atoms with Crippen molar-refractivity contribution in [2.24, 2.45) is 0 Å². The van der Waals surface area contributed by atoms with Crippen molar-refractivity contribution in [3.63, 3.8) is 0 Å².